The van der Waals surface area contributed by atoms with Gasteiger partial charge < -0.3 is 16.0 Å². The molecule has 0 bridgehead atoms. The standard InChI is InChI=1S/C18H24ClN3O2/c1-18(20)9-5-4-6-13(18)17(24)21-12-10-16(23)22(11-12)15-8-3-2-7-14(15)19/h2-3,7-8,12-13H,4-6,9-11,20H2,1H3,(H,21,24). The number of anilines is 1. The van der Waals surface area contributed by atoms with Crippen molar-refractivity contribution in [2.45, 2.75) is 50.6 Å². The van der Waals surface area contributed by atoms with Gasteiger partial charge in [-0.3, -0.25) is 9.59 Å². The number of nitrogens with one attached hydrogen (secondary N) is 1. The smallest absolute Gasteiger partial charge is 0.229 e. The molecule has 2 aliphatic rings. The Bertz CT molecular complexity index is 647. The van der Waals surface area contributed by atoms with Crippen LogP contribution in [0.2, 0.25) is 5.02 Å². The van der Waals surface area contributed by atoms with Gasteiger partial charge in [-0.2, -0.15) is 0 Å². The van der Waals surface area contributed by atoms with Gasteiger partial charge in [0.05, 0.1) is 22.7 Å². The summed E-state index contributed by atoms with van der Waals surface area (Å²) < 4.78 is 0. The van der Waals surface area contributed by atoms with Crippen LogP contribution in [0.1, 0.15) is 39.0 Å². The lowest BCUT2D eigenvalue weighted by Gasteiger charge is -2.37. The average Bonchev–Trinajstić information content (AvgIpc) is 2.87. The molecule has 130 valence electrons. The molecular formula is C18H24ClN3O2. The maximum absolute atomic E-state index is 12.6. The molecule has 1 saturated heterocycles. The van der Waals surface area contributed by atoms with Gasteiger partial charge in [0.2, 0.25) is 11.8 Å². The molecule has 1 aromatic carbocycles. The first-order chi connectivity index (χ1) is 11.4. The Morgan fingerprint density at radius 1 is 1.38 bits per heavy atom. The number of carbonyl (C=O) groups excluding carboxylic acids is 2. The van der Waals surface area contributed by atoms with Crippen LogP contribution in [0.3, 0.4) is 0 Å². The van der Waals surface area contributed by atoms with Crippen molar-refractivity contribution < 1.29 is 9.59 Å². The summed E-state index contributed by atoms with van der Waals surface area (Å²) in [7, 11) is 0. The molecule has 0 aromatic heterocycles. The average molecular weight is 350 g/mol. The summed E-state index contributed by atoms with van der Waals surface area (Å²) in [5, 5.41) is 3.57. The SMILES string of the molecule is CC1(N)CCCCC1C(=O)NC1CC(=O)N(c2ccccc2Cl)C1. The lowest BCUT2D eigenvalue weighted by Crippen LogP contribution is -2.54. The number of carbonyl (C=O) groups is 2. The van der Waals surface area contributed by atoms with Crippen LogP contribution >= 0.6 is 11.6 Å². The molecule has 3 atom stereocenters. The zero-order chi connectivity index (χ0) is 17.3. The fourth-order valence-corrected chi connectivity index (χ4v) is 4.04. The van der Waals surface area contributed by atoms with E-state index in [1.54, 1.807) is 11.0 Å². The number of para-hydroxylation sites is 1. The Morgan fingerprint density at radius 2 is 2.12 bits per heavy atom. The number of nitrogens with zero attached hydrogens (tertiary/aromatic N) is 1. The summed E-state index contributed by atoms with van der Waals surface area (Å²) in [5.74, 6) is -0.234. The molecule has 1 heterocycles. The minimum atomic E-state index is -0.465. The van der Waals surface area contributed by atoms with Gasteiger partial charge in [0.15, 0.2) is 0 Å². The highest BCUT2D eigenvalue weighted by molar-refractivity contribution is 6.33. The van der Waals surface area contributed by atoms with Gasteiger partial charge in [-0.15, -0.1) is 0 Å². The van der Waals surface area contributed by atoms with Crippen molar-refractivity contribution in [3.05, 3.63) is 29.3 Å². The molecule has 1 aliphatic heterocycles. The molecule has 3 unspecified atom stereocenters. The molecule has 2 amide bonds. The van der Waals surface area contributed by atoms with Crippen molar-refractivity contribution in [1.29, 1.82) is 0 Å². The Hall–Kier alpha value is -1.59. The number of hydrogen-bond donors (Lipinski definition) is 2. The first-order valence-corrected chi connectivity index (χ1v) is 8.90. The third kappa shape index (κ3) is 3.42. The van der Waals surface area contributed by atoms with E-state index in [1.165, 1.54) is 0 Å². The highest BCUT2D eigenvalue weighted by Crippen LogP contribution is 2.33. The van der Waals surface area contributed by atoms with E-state index >= 15 is 0 Å². The second-order valence-corrected chi connectivity index (χ2v) is 7.58. The van der Waals surface area contributed by atoms with E-state index in [9.17, 15) is 9.59 Å². The number of halogens is 1. The predicted molar refractivity (Wildman–Crippen MR) is 94.9 cm³/mol. The third-order valence-electron chi connectivity index (χ3n) is 5.19. The van der Waals surface area contributed by atoms with E-state index in [0.29, 0.717) is 23.7 Å². The number of hydrogen-bond acceptors (Lipinski definition) is 3. The highest BCUT2D eigenvalue weighted by atomic mass is 35.5. The van der Waals surface area contributed by atoms with E-state index in [1.807, 2.05) is 25.1 Å². The van der Waals surface area contributed by atoms with Gasteiger partial charge >= 0.3 is 0 Å². The van der Waals surface area contributed by atoms with Crippen LogP contribution in [0.5, 0.6) is 0 Å². The van der Waals surface area contributed by atoms with Gasteiger partial charge in [-0.1, -0.05) is 36.6 Å². The van der Waals surface area contributed by atoms with Crippen LogP contribution in [-0.2, 0) is 9.59 Å². The van der Waals surface area contributed by atoms with E-state index in [0.717, 1.165) is 25.7 Å². The van der Waals surface area contributed by atoms with Crippen LogP contribution < -0.4 is 16.0 Å². The van der Waals surface area contributed by atoms with E-state index in [-0.39, 0.29) is 23.8 Å². The lowest BCUT2D eigenvalue weighted by atomic mass is 9.74. The summed E-state index contributed by atoms with van der Waals surface area (Å²) >= 11 is 6.18. The summed E-state index contributed by atoms with van der Waals surface area (Å²) in [4.78, 5) is 26.6. The molecule has 24 heavy (non-hydrogen) atoms. The molecule has 1 saturated carbocycles. The molecule has 2 fully saturated rings. The number of rotatable bonds is 3. The normalized spacial score (nSPS) is 30.5. The lowest BCUT2D eigenvalue weighted by molar-refractivity contribution is -0.128. The monoisotopic (exact) mass is 349 g/mol. The van der Waals surface area contributed by atoms with Crippen LogP contribution in [0.15, 0.2) is 24.3 Å². The fraction of sp³-hybridized carbons (Fsp3) is 0.556. The predicted octanol–water partition coefficient (Wildman–Crippen LogP) is 2.47. The molecule has 3 N–H and O–H groups in total. The first-order valence-electron chi connectivity index (χ1n) is 8.52. The Kier molecular flexibility index (Phi) is 4.83. The van der Waals surface area contributed by atoms with E-state index < -0.39 is 5.54 Å². The molecule has 0 radical (unpaired) electrons. The Balaban J connectivity index is 1.66. The maximum Gasteiger partial charge on any atom is 0.229 e. The Morgan fingerprint density at radius 3 is 2.83 bits per heavy atom. The Labute approximate surface area is 147 Å². The molecule has 1 aliphatic carbocycles. The van der Waals surface area contributed by atoms with Gasteiger partial charge in [0.1, 0.15) is 0 Å². The molecular weight excluding hydrogens is 326 g/mol. The van der Waals surface area contributed by atoms with Crippen molar-refractivity contribution in [2.24, 2.45) is 11.7 Å². The topological polar surface area (TPSA) is 75.4 Å². The van der Waals surface area contributed by atoms with Crippen molar-refractivity contribution in [1.82, 2.24) is 5.32 Å². The molecule has 3 rings (SSSR count). The van der Waals surface area contributed by atoms with E-state index in [4.69, 9.17) is 17.3 Å². The van der Waals surface area contributed by atoms with E-state index in [2.05, 4.69) is 5.32 Å². The minimum absolute atomic E-state index is 0.0208. The summed E-state index contributed by atoms with van der Waals surface area (Å²) in [6.45, 7) is 2.40. The van der Waals surface area contributed by atoms with Crippen LogP contribution in [0, 0.1) is 5.92 Å². The van der Waals surface area contributed by atoms with Crippen LogP contribution in [0.25, 0.3) is 0 Å². The van der Waals surface area contributed by atoms with Crippen LogP contribution in [0.4, 0.5) is 5.69 Å². The van der Waals surface area contributed by atoms with Crippen molar-refractivity contribution in [3.63, 3.8) is 0 Å². The largest absolute Gasteiger partial charge is 0.351 e. The zero-order valence-corrected chi connectivity index (χ0v) is 14.7. The summed E-state index contributed by atoms with van der Waals surface area (Å²) in [6.07, 6.45) is 4.07. The van der Waals surface area contributed by atoms with Gasteiger partial charge in [-0.25, -0.2) is 0 Å². The number of nitrogens with two attached hydrogens (primary N) is 1. The van der Waals surface area contributed by atoms with Gasteiger partial charge in [-0.05, 0) is 31.9 Å². The second-order valence-electron chi connectivity index (χ2n) is 7.17. The minimum Gasteiger partial charge on any atom is -0.351 e. The fourth-order valence-electron chi connectivity index (χ4n) is 3.80. The zero-order valence-electron chi connectivity index (χ0n) is 13.9. The number of amides is 2. The summed E-state index contributed by atoms with van der Waals surface area (Å²) in [5.41, 5.74) is 6.54. The maximum atomic E-state index is 12.6. The molecule has 1 aromatic rings. The molecule has 5 nitrogen and oxygen atoms in total. The summed E-state index contributed by atoms with van der Waals surface area (Å²) in [6, 6.07) is 7.07. The highest BCUT2D eigenvalue weighted by Gasteiger charge is 2.40. The van der Waals surface area contributed by atoms with Gasteiger partial charge in [0.25, 0.3) is 0 Å². The van der Waals surface area contributed by atoms with Crippen molar-refractivity contribution in [3.8, 4) is 0 Å². The molecule has 0 spiro atoms. The van der Waals surface area contributed by atoms with Gasteiger partial charge in [0, 0.05) is 18.5 Å². The molecule has 6 heteroatoms. The van der Waals surface area contributed by atoms with Crippen molar-refractivity contribution in [2.75, 3.05) is 11.4 Å². The van der Waals surface area contributed by atoms with Crippen molar-refractivity contribution >= 4 is 29.1 Å². The number of benzene rings is 1. The van der Waals surface area contributed by atoms with Crippen LogP contribution in [-0.4, -0.2) is 29.9 Å². The first kappa shape index (κ1) is 17.2. The quantitative estimate of drug-likeness (QED) is 0.880. The second kappa shape index (κ2) is 6.73. The third-order valence-corrected chi connectivity index (χ3v) is 5.51.